The Kier molecular flexibility index (Phi) is 5.71. The van der Waals surface area contributed by atoms with E-state index in [-0.39, 0.29) is 11.8 Å². The Bertz CT molecular complexity index is 708. The van der Waals surface area contributed by atoms with E-state index in [2.05, 4.69) is 9.62 Å². The summed E-state index contributed by atoms with van der Waals surface area (Å²) >= 11 is 0. The third-order valence-electron chi connectivity index (χ3n) is 4.45. The molecule has 24 heavy (non-hydrogen) atoms. The summed E-state index contributed by atoms with van der Waals surface area (Å²) in [6, 6.07) is 13.4. The lowest BCUT2D eigenvalue weighted by Gasteiger charge is -2.25. The number of aryl methyl sites for hydroxylation is 1. The molecule has 0 saturated carbocycles. The van der Waals surface area contributed by atoms with Crippen molar-refractivity contribution in [1.82, 2.24) is 9.62 Å². The number of hydrogen-bond acceptors (Lipinski definition) is 4. The predicted octanol–water partition coefficient (Wildman–Crippen LogP) is 2.58. The molecule has 1 aliphatic rings. The highest BCUT2D eigenvalue weighted by molar-refractivity contribution is 7.89. The van der Waals surface area contributed by atoms with Gasteiger partial charge in [-0.2, -0.15) is 0 Å². The Balaban J connectivity index is 1.58. The molecule has 2 heterocycles. The van der Waals surface area contributed by atoms with Gasteiger partial charge in [0.05, 0.1) is 18.1 Å². The molecule has 5 nitrogen and oxygen atoms in total. The fraction of sp³-hybridized carbons (Fsp3) is 0.444. The van der Waals surface area contributed by atoms with Crippen LogP contribution < -0.4 is 4.72 Å². The summed E-state index contributed by atoms with van der Waals surface area (Å²) in [5.74, 6) is 0.921. The van der Waals surface area contributed by atoms with E-state index in [1.165, 1.54) is 0 Å². The summed E-state index contributed by atoms with van der Waals surface area (Å²) in [5, 5.41) is 0. The molecule has 6 heteroatoms. The van der Waals surface area contributed by atoms with Gasteiger partial charge in [-0.05, 0) is 50.0 Å². The van der Waals surface area contributed by atoms with Crippen LogP contribution in [0.3, 0.4) is 0 Å². The summed E-state index contributed by atoms with van der Waals surface area (Å²) in [5.41, 5.74) is 1.03. The molecule has 0 aliphatic carbocycles. The second-order valence-corrected chi connectivity index (χ2v) is 8.10. The minimum Gasteiger partial charge on any atom is -0.468 e. The van der Waals surface area contributed by atoms with E-state index in [9.17, 15) is 8.42 Å². The van der Waals surface area contributed by atoms with E-state index in [1.807, 2.05) is 42.5 Å². The average molecular weight is 348 g/mol. The summed E-state index contributed by atoms with van der Waals surface area (Å²) in [4.78, 5) is 2.29. The zero-order valence-electron chi connectivity index (χ0n) is 13.7. The number of rotatable bonds is 8. The van der Waals surface area contributed by atoms with Crippen molar-refractivity contribution < 1.29 is 12.8 Å². The van der Waals surface area contributed by atoms with E-state index in [4.69, 9.17) is 4.42 Å². The molecule has 0 amide bonds. The first kappa shape index (κ1) is 17.2. The van der Waals surface area contributed by atoms with Crippen LogP contribution in [0.25, 0.3) is 0 Å². The summed E-state index contributed by atoms with van der Waals surface area (Å²) in [6.45, 7) is 2.32. The van der Waals surface area contributed by atoms with Gasteiger partial charge in [0.25, 0.3) is 0 Å². The summed E-state index contributed by atoms with van der Waals surface area (Å²) in [7, 11) is -3.31. The molecule has 1 aromatic carbocycles. The Labute approximate surface area is 143 Å². The maximum absolute atomic E-state index is 12.3. The van der Waals surface area contributed by atoms with Crippen molar-refractivity contribution in [2.45, 2.75) is 25.3 Å². The monoisotopic (exact) mass is 348 g/mol. The molecule has 1 aliphatic heterocycles. The van der Waals surface area contributed by atoms with Crippen molar-refractivity contribution in [3.05, 3.63) is 60.1 Å². The van der Waals surface area contributed by atoms with Gasteiger partial charge in [0.2, 0.25) is 10.0 Å². The first-order valence-corrected chi connectivity index (χ1v) is 10.1. The van der Waals surface area contributed by atoms with Gasteiger partial charge in [0.15, 0.2) is 0 Å². The quantitative estimate of drug-likeness (QED) is 0.796. The minimum absolute atomic E-state index is 0.0333. The van der Waals surface area contributed by atoms with Gasteiger partial charge in [-0.3, -0.25) is 4.90 Å². The van der Waals surface area contributed by atoms with Crippen LogP contribution in [0.2, 0.25) is 0 Å². The summed E-state index contributed by atoms with van der Waals surface area (Å²) < 4.78 is 33.0. The maximum atomic E-state index is 12.3. The highest BCUT2D eigenvalue weighted by atomic mass is 32.2. The lowest BCUT2D eigenvalue weighted by Crippen LogP contribution is -2.37. The van der Waals surface area contributed by atoms with Crippen LogP contribution >= 0.6 is 0 Å². The third-order valence-corrected chi connectivity index (χ3v) is 5.80. The molecule has 0 bridgehead atoms. The lowest BCUT2D eigenvalue weighted by molar-refractivity contribution is 0.216. The number of likely N-dealkylation sites (tertiary alicyclic amines) is 1. The van der Waals surface area contributed by atoms with Crippen LogP contribution in [0.15, 0.2) is 53.1 Å². The highest BCUT2D eigenvalue weighted by Gasteiger charge is 2.26. The van der Waals surface area contributed by atoms with Crippen molar-refractivity contribution in [2.24, 2.45) is 0 Å². The second kappa shape index (κ2) is 7.96. The molecular formula is C18H24N2O3S. The zero-order chi connectivity index (χ0) is 16.8. The molecular weight excluding hydrogens is 324 g/mol. The fourth-order valence-electron chi connectivity index (χ4n) is 3.12. The molecule has 3 rings (SSSR count). The second-order valence-electron chi connectivity index (χ2n) is 6.18. The molecule has 0 spiro atoms. The topological polar surface area (TPSA) is 62.6 Å². The highest BCUT2D eigenvalue weighted by Crippen LogP contribution is 2.25. The number of hydrogen-bond donors (Lipinski definition) is 1. The van der Waals surface area contributed by atoms with Gasteiger partial charge in [-0.25, -0.2) is 13.1 Å². The molecule has 1 unspecified atom stereocenters. The van der Waals surface area contributed by atoms with Crippen molar-refractivity contribution in [1.29, 1.82) is 0 Å². The molecule has 1 fully saturated rings. The van der Waals surface area contributed by atoms with E-state index in [0.29, 0.717) is 13.0 Å². The van der Waals surface area contributed by atoms with Gasteiger partial charge in [0.1, 0.15) is 5.76 Å². The van der Waals surface area contributed by atoms with Gasteiger partial charge in [-0.15, -0.1) is 0 Å². The standard InChI is InChI=1S/C18H24N2O3S/c21-24(22,14-10-16-7-2-1-3-8-16)19-15-17(18-9-6-13-23-18)20-11-4-5-12-20/h1-3,6-9,13,17,19H,4-5,10-12,14-15H2. The van der Waals surface area contributed by atoms with Crippen LogP contribution in [0.5, 0.6) is 0 Å². The van der Waals surface area contributed by atoms with Crippen molar-refractivity contribution in [3.63, 3.8) is 0 Å². The molecule has 1 saturated heterocycles. The molecule has 0 radical (unpaired) electrons. The first-order chi connectivity index (χ1) is 11.6. The van der Waals surface area contributed by atoms with Crippen LogP contribution in [-0.4, -0.2) is 38.7 Å². The number of benzene rings is 1. The molecule has 1 atom stereocenters. The zero-order valence-corrected chi connectivity index (χ0v) is 14.5. The number of nitrogens with one attached hydrogen (secondary N) is 1. The molecule has 2 aromatic rings. The third kappa shape index (κ3) is 4.69. The number of sulfonamides is 1. The smallest absolute Gasteiger partial charge is 0.211 e. The minimum atomic E-state index is -3.31. The van der Waals surface area contributed by atoms with Crippen LogP contribution in [-0.2, 0) is 16.4 Å². The summed E-state index contributed by atoms with van der Waals surface area (Å²) in [6.07, 6.45) is 4.46. The van der Waals surface area contributed by atoms with Crippen molar-refractivity contribution >= 4 is 10.0 Å². The Morgan fingerprint density at radius 1 is 1.08 bits per heavy atom. The maximum Gasteiger partial charge on any atom is 0.211 e. The molecule has 1 aromatic heterocycles. The predicted molar refractivity (Wildman–Crippen MR) is 94.2 cm³/mol. The fourth-order valence-corrected chi connectivity index (χ4v) is 4.18. The van der Waals surface area contributed by atoms with E-state index in [0.717, 1.165) is 37.3 Å². The van der Waals surface area contributed by atoms with E-state index >= 15 is 0 Å². The first-order valence-electron chi connectivity index (χ1n) is 8.43. The SMILES string of the molecule is O=S(=O)(CCc1ccccc1)NCC(c1ccco1)N1CCCC1. The Morgan fingerprint density at radius 3 is 2.50 bits per heavy atom. The Hall–Kier alpha value is -1.63. The number of nitrogens with zero attached hydrogens (tertiary/aromatic N) is 1. The van der Waals surface area contributed by atoms with Gasteiger partial charge in [-0.1, -0.05) is 30.3 Å². The largest absolute Gasteiger partial charge is 0.468 e. The molecule has 130 valence electrons. The average Bonchev–Trinajstić information content (AvgIpc) is 3.28. The Morgan fingerprint density at radius 2 is 1.83 bits per heavy atom. The van der Waals surface area contributed by atoms with E-state index < -0.39 is 10.0 Å². The normalized spacial score (nSPS) is 17.2. The van der Waals surface area contributed by atoms with Crippen LogP contribution in [0.1, 0.15) is 30.2 Å². The van der Waals surface area contributed by atoms with Crippen molar-refractivity contribution in [3.8, 4) is 0 Å². The van der Waals surface area contributed by atoms with E-state index in [1.54, 1.807) is 6.26 Å². The van der Waals surface area contributed by atoms with Crippen LogP contribution in [0, 0.1) is 0 Å². The molecule has 1 N–H and O–H groups in total. The van der Waals surface area contributed by atoms with Gasteiger partial charge < -0.3 is 4.42 Å². The lowest BCUT2D eigenvalue weighted by atomic mass is 10.2. The van der Waals surface area contributed by atoms with Crippen LogP contribution in [0.4, 0.5) is 0 Å². The van der Waals surface area contributed by atoms with Gasteiger partial charge in [0, 0.05) is 6.54 Å². The van der Waals surface area contributed by atoms with Crippen molar-refractivity contribution in [2.75, 3.05) is 25.4 Å². The van der Waals surface area contributed by atoms with Gasteiger partial charge >= 0.3 is 0 Å². The number of furan rings is 1.